The fraction of sp³-hybridized carbons (Fsp3) is 0.312. The lowest BCUT2D eigenvalue weighted by atomic mass is 10.0. The number of likely N-dealkylation sites (N-methyl/N-ethyl adjacent to an activating group) is 1. The maximum atomic E-state index is 13.6. The predicted molar refractivity (Wildman–Crippen MR) is 165 cm³/mol. The Morgan fingerprint density at radius 3 is 2.67 bits per heavy atom. The number of anilines is 3. The summed E-state index contributed by atoms with van der Waals surface area (Å²) in [7, 11) is 3.79. The molecule has 3 heterocycles. The molecule has 9 nitrogen and oxygen atoms in total. The van der Waals surface area contributed by atoms with Crippen LogP contribution in [0.5, 0.6) is 11.5 Å². The number of amides is 3. The van der Waals surface area contributed by atoms with Gasteiger partial charge in [-0.1, -0.05) is 18.2 Å². The number of carbonyl (C=O) groups is 3. The lowest BCUT2D eigenvalue weighted by molar-refractivity contribution is -0.120. The van der Waals surface area contributed by atoms with E-state index in [2.05, 4.69) is 15.6 Å². The number of urea groups is 1. The Kier molecular flexibility index (Phi) is 7.66. The van der Waals surface area contributed by atoms with Crippen molar-refractivity contribution >= 4 is 56.3 Å². The molecule has 0 unspecified atom stereocenters. The summed E-state index contributed by atoms with van der Waals surface area (Å²) in [5, 5.41) is 6.88. The quantitative estimate of drug-likeness (QED) is 0.233. The van der Waals surface area contributed by atoms with E-state index < -0.39 is 0 Å². The first-order valence-corrected chi connectivity index (χ1v) is 14.9. The lowest BCUT2D eigenvalue weighted by Gasteiger charge is -2.29. The Labute approximate surface area is 248 Å². The number of carbonyl (C=O) groups excluding carboxylic acids is 3. The van der Waals surface area contributed by atoms with E-state index in [1.807, 2.05) is 74.4 Å². The van der Waals surface area contributed by atoms with E-state index in [0.717, 1.165) is 36.0 Å². The molecule has 2 N–H and O–H groups in total. The predicted octanol–water partition coefficient (Wildman–Crippen LogP) is 6.50. The third-order valence-electron chi connectivity index (χ3n) is 7.73. The number of nitrogens with zero attached hydrogens (tertiary/aromatic N) is 3. The van der Waals surface area contributed by atoms with Gasteiger partial charge in [0, 0.05) is 18.7 Å². The van der Waals surface area contributed by atoms with Gasteiger partial charge in [-0.05, 0) is 88.2 Å². The molecule has 2 atom stereocenters. The molecule has 216 valence electrons. The number of rotatable bonds is 9. The first-order valence-electron chi connectivity index (χ1n) is 14.1. The monoisotopic (exact) mass is 583 g/mol. The minimum absolute atomic E-state index is 0.00504. The molecule has 0 saturated heterocycles. The average Bonchev–Trinajstić information content (AvgIpc) is 3.54. The van der Waals surface area contributed by atoms with E-state index in [-0.39, 0.29) is 29.7 Å². The molecule has 3 amide bonds. The van der Waals surface area contributed by atoms with Crippen molar-refractivity contribution < 1.29 is 19.1 Å². The fourth-order valence-electron chi connectivity index (χ4n) is 5.93. The highest BCUT2D eigenvalue weighted by molar-refractivity contribution is 7.21. The topological polar surface area (TPSA) is 104 Å². The molecule has 1 saturated carbocycles. The van der Waals surface area contributed by atoms with Crippen LogP contribution in [0.3, 0.4) is 0 Å². The Morgan fingerprint density at radius 1 is 1.10 bits per heavy atom. The molecular weight excluding hydrogens is 550 g/mol. The third-order valence-corrected chi connectivity index (χ3v) is 8.82. The summed E-state index contributed by atoms with van der Waals surface area (Å²) in [4.78, 5) is 48.5. The molecule has 10 heteroatoms. The van der Waals surface area contributed by atoms with Gasteiger partial charge in [-0.15, -0.1) is 11.3 Å². The van der Waals surface area contributed by atoms with E-state index in [1.54, 1.807) is 17.2 Å². The molecule has 1 aliphatic carbocycles. The Balaban J connectivity index is 1.22. The van der Waals surface area contributed by atoms with Crippen molar-refractivity contribution in [1.82, 2.24) is 15.2 Å². The van der Waals surface area contributed by atoms with E-state index >= 15 is 0 Å². The number of aromatic nitrogens is 1. The van der Waals surface area contributed by atoms with Gasteiger partial charge in [0.2, 0.25) is 0 Å². The second-order valence-corrected chi connectivity index (χ2v) is 12.3. The van der Waals surface area contributed by atoms with Crippen molar-refractivity contribution in [3.8, 4) is 11.5 Å². The standard InChI is InChI=1S/C32H33N5O4S/c1-19-15-24(41-23-7-5-4-6-8-23)11-12-25(19)37-26-13-14-33-31-27(26)28(35-32(37)40)29(42-31)30(39)34-21-10-9-20(16-21)17-22(38)18-36(2)3/h4-8,11-15,20-21H,9-10,16-18H2,1-3H3,(H,34,39)(H,35,40)/t20-,21+/m1/s1. The summed E-state index contributed by atoms with van der Waals surface area (Å²) >= 11 is 1.28. The summed E-state index contributed by atoms with van der Waals surface area (Å²) in [6.07, 6.45) is 4.72. The van der Waals surface area contributed by atoms with Gasteiger partial charge in [0.05, 0.1) is 29.0 Å². The van der Waals surface area contributed by atoms with Gasteiger partial charge >= 0.3 is 6.03 Å². The molecule has 6 rings (SSSR count). The van der Waals surface area contributed by atoms with Gasteiger partial charge in [-0.25, -0.2) is 9.78 Å². The van der Waals surface area contributed by atoms with Crippen LogP contribution in [0.15, 0.2) is 60.8 Å². The van der Waals surface area contributed by atoms with Gasteiger partial charge in [0.1, 0.15) is 27.0 Å². The first-order chi connectivity index (χ1) is 20.3. The number of benzene rings is 2. The van der Waals surface area contributed by atoms with Crippen molar-refractivity contribution in [3.63, 3.8) is 0 Å². The number of hydrogen-bond acceptors (Lipinski definition) is 7. The third kappa shape index (κ3) is 5.60. The highest BCUT2D eigenvalue weighted by Crippen LogP contribution is 2.46. The van der Waals surface area contributed by atoms with E-state index in [9.17, 15) is 14.4 Å². The highest BCUT2D eigenvalue weighted by atomic mass is 32.1. The molecule has 2 aromatic heterocycles. The maximum absolute atomic E-state index is 13.6. The fourth-order valence-corrected chi connectivity index (χ4v) is 6.95. The van der Waals surface area contributed by atoms with Gasteiger partial charge in [-0.2, -0.15) is 0 Å². The largest absolute Gasteiger partial charge is 0.457 e. The molecule has 1 fully saturated rings. The van der Waals surface area contributed by atoms with Crippen LogP contribution in [-0.4, -0.2) is 54.3 Å². The minimum Gasteiger partial charge on any atom is -0.457 e. The Morgan fingerprint density at radius 2 is 1.90 bits per heavy atom. The number of pyridine rings is 1. The summed E-state index contributed by atoms with van der Waals surface area (Å²) in [5.41, 5.74) is 2.74. The van der Waals surface area contributed by atoms with Crippen LogP contribution in [0.1, 0.15) is 40.9 Å². The number of hydrogen-bond donors (Lipinski definition) is 2. The first kappa shape index (κ1) is 27.9. The second kappa shape index (κ2) is 11.5. The van der Waals surface area contributed by atoms with Crippen LogP contribution in [0.4, 0.5) is 21.9 Å². The number of aryl methyl sites for hydroxylation is 1. The number of nitrogens with one attached hydrogen (secondary N) is 2. The van der Waals surface area contributed by atoms with Gasteiger partial charge in [0.15, 0.2) is 0 Å². The van der Waals surface area contributed by atoms with Crippen molar-refractivity contribution in [2.24, 2.45) is 5.92 Å². The number of para-hydroxylation sites is 1. The molecule has 4 aromatic rings. The maximum Gasteiger partial charge on any atom is 0.331 e. The molecule has 42 heavy (non-hydrogen) atoms. The number of Topliss-reactive ketones (excluding diaryl/α,β-unsaturated/α-hetero) is 1. The second-order valence-electron chi connectivity index (χ2n) is 11.3. The summed E-state index contributed by atoms with van der Waals surface area (Å²) < 4.78 is 5.98. The molecular formula is C32H33N5O4S. The molecule has 1 aliphatic heterocycles. The molecule has 2 aromatic carbocycles. The van der Waals surface area contributed by atoms with Crippen molar-refractivity contribution in [2.45, 2.75) is 38.6 Å². The van der Waals surface area contributed by atoms with Gasteiger partial charge in [0.25, 0.3) is 5.91 Å². The zero-order chi connectivity index (χ0) is 29.4. The molecule has 0 radical (unpaired) electrons. The summed E-state index contributed by atoms with van der Waals surface area (Å²) in [5.74, 6) is 1.68. The van der Waals surface area contributed by atoms with Crippen molar-refractivity contribution in [1.29, 1.82) is 0 Å². The van der Waals surface area contributed by atoms with Crippen molar-refractivity contribution in [3.05, 3.63) is 71.2 Å². The molecule has 2 aliphatic rings. The Hall–Kier alpha value is -4.28. The molecule has 0 spiro atoms. The van der Waals surface area contributed by atoms with Crippen LogP contribution in [0.2, 0.25) is 0 Å². The van der Waals surface area contributed by atoms with Crippen LogP contribution in [0, 0.1) is 12.8 Å². The minimum atomic E-state index is -0.345. The highest BCUT2D eigenvalue weighted by Gasteiger charge is 2.35. The van der Waals surface area contributed by atoms with Crippen LogP contribution in [0.25, 0.3) is 10.2 Å². The van der Waals surface area contributed by atoms with E-state index in [4.69, 9.17) is 4.74 Å². The summed E-state index contributed by atoms with van der Waals surface area (Å²) in [6.45, 7) is 2.37. The van der Waals surface area contributed by atoms with E-state index in [0.29, 0.717) is 45.5 Å². The van der Waals surface area contributed by atoms with Crippen LogP contribution >= 0.6 is 11.3 Å². The van der Waals surface area contributed by atoms with E-state index in [1.165, 1.54) is 11.3 Å². The summed E-state index contributed by atoms with van der Waals surface area (Å²) in [6, 6.07) is 16.6. The number of ketones is 1. The normalized spacial score (nSPS) is 17.9. The SMILES string of the molecule is Cc1cc(Oc2ccccc2)ccc1N1C(=O)Nc2c(C(=O)N[C@H]3CC[C@@H](CC(=O)CN(C)C)C3)sc3nccc1c23. The van der Waals surface area contributed by atoms with Crippen molar-refractivity contribution in [2.75, 3.05) is 30.9 Å². The van der Waals surface area contributed by atoms with Crippen LogP contribution < -0.4 is 20.3 Å². The number of thiophene rings is 1. The number of ether oxygens (including phenoxy) is 1. The van der Waals surface area contributed by atoms with Crippen LogP contribution in [-0.2, 0) is 4.79 Å². The molecule has 0 bridgehead atoms. The van der Waals surface area contributed by atoms with Gasteiger partial charge in [-0.3, -0.25) is 14.5 Å². The Bertz CT molecular complexity index is 1670. The average molecular weight is 584 g/mol. The zero-order valence-corrected chi connectivity index (χ0v) is 24.7. The zero-order valence-electron chi connectivity index (χ0n) is 23.8. The lowest BCUT2D eigenvalue weighted by Crippen LogP contribution is -2.36. The smallest absolute Gasteiger partial charge is 0.331 e. The van der Waals surface area contributed by atoms with Gasteiger partial charge < -0.3 is 20.3 Å².